The molecule has 1 N–H and O–H groups in total. The van der Waals surface area contributed by atoms with Crippen LogP contribution in [0.4, 0.5) is 0 Å². The number of aliphatic hydroxyl groups is 1. The number of pyridine rings is 1. The van der Waals surface area contributed by atoms with E-state index in [0.29, 0.717) is 5.71 Å². The van der Waals surface area contributed by atoms with Gasteiger partial charge >= 0.3 is 0 Å². The van der Waals surface area contributed by atoms with Crippen LogP contribution in [-0.4, -0.2) is 15.9 Å². The average molecular weight is 667 g/mol. The molecule has 0 saturated heterocycles. The van der Waals surface area contributed by atoms with Gasteiger partial charge in [-0.25, -0.2) is 0 Å². The molecule has 5 aromatic rings. The van der Waals surface area contributed by atoms with Crippen LogP contribution in [0.2, 0.25) is 0 Å². The number of carbonyl (C=O) groups excluding carboxylic acids is 1. The second kappa shape index (κ2) is 12.4. The number of aromatic nitrogens is 1. The molecule has 5 rings (SSSR count). The number of fused-ring (bicyclic) bond motifs is 1. The standard InChI is InChI=1S/C27H20NO.C5H8O2.Ir/c1-18-15-19(2)17-22(16-18)24-14-13-23-25(20-9-5-3-6-10-20)26(29-27(23)28-24)21-11-7-4-8-12-21;1-4(6)3-5(2)7;/h3-16H,1-2H3;3,6H,1-2H3;/q-1;;/b;4-3-;. The van der Waals surface area contributed by atoms with Crippen LogP contribution in [0, 0.1) is 19.9 Å². The normalized spacial score (nSPS) is 10.9. The van der Waals surface area contributed by atoms with E-state index in [1.807, 2.05) is 24.3 Å². The van der Waals surface area contributed by atoms with Crippen molar-refractivity contribution >= 4 is 16.9 Å². The minimum atomic E-state index is -0.125. The van der Waals surface area contributed by atoms with Crippen molar-refractivity contribution in [2.24, 2.45) is 0 Å². The Kier molecular flexibility index (Phi) is 9.35. The molecule has 5 heteroatoms. The van der Waals surface area contributed by atoms with Crippen molar-refractivity contribution in [3.05, 3.63) is 114 Å². The quantitative estimate of drug-likeness (QED) is 0.119. The Bertz CT molecular complexity index is 1510. The van der Waals surface area contributed by atoms with Gasteiger partial charge in [0.1, 0.15) is 5.76 Å². The Morgan fingerprint density at radius 2 is 1.51 bits per heavy atom. The summed E-state index contributed by atoms with van der Waals surface area (Å²) in [6, 6.07) is 32.4. The Labute approximate surface area is 231 Å². The zero-order valence-corrected chi connectivity index (χ0v) is 23.6. The van der Waals surface area contributed by atoms with Gasteiger partial charge in [0.2, 0.25) is 5.71 Å². The minimum absolute atomic E-state index is 0. The van der Waals surface area contributed by atoms with E-state index in [-0.39, 0.29) is 31.6 Å². The van der Waals surface area contributed by atoms with Crippen LogP contribution < -0.4 is 0 Å². The Morgan fingerprint density at radius 3 is 2.05 bits per heavy atom. The second-order valence-corrected chi connectivity index (χ2v) is 8.74. The molecule has 37 heavy (non-hydrogen) atoms. The van der Waals surface area contributed by atoms with Crippen molar-refractivity contribution in [3.8, 4) is 33.7 Å². The first kappa shape index (κ1) is 27.8. The third kappa shape index (κ3) is 6.91. The van der Waals surface area contributed by atoms with Crippen LogP contribution >= 0.6 is 0 Å². The molecule has 2 heterocycles. The van der Waals surface area contributed by atoms with Crippen molar-refractivity contribution in [2.75, 3.05) is 0 Å². The van der Waals surface area contributed by atoms with Gasteiger partial charge in [0.05, 0.1) is 5.76 Å². The maximum atomic E-state index is 10.0. The summed E-state index contributed by atoms with van der Waals surface area (Å²) in [5.74, 6) is 0.786. The van der Waals surface area contributed by atoms with Crippen molar-refractivity contribution in [3.63, 3.8) is 0 Å². The molecular formula is C32H28IrNO3-. The van der Waals surface area contributed by atoms with E-state index in [2.05, 4.69) is 80.6 Å². The summed E-state index contributed by atoms with van der Waals surface area (Å²) < 4.78 is 6.34. The molecule has 0 amide bonds. The largest absolute Gasteiger partial charge is 0.512 e. The van der Waals surface area contributed by atoms with E-state index < -0.39 is 0 Å². The Morgan fingerprint density at radius 1 is 0.892 bits per heavy atom. The van der Waals surface area contributed by atoms with Crippen molar-refractivity contribution in [1.82, 2.24) is 4.98 Å². The number of ketones is 1. The number of carbonyl (C=O) groups is 1. The Hall–Kier alpha value is -3.79. The van der Waals surface area contributed by atoms with Crippen LogP contribution in [0.3, 0.4) is 0 Å². The van der Waals surface area contributed by atoms with Gasteiger partial charge in [0.25, 0.3) is 0 Å². The van der Waals surface area contributed by atoms with Gasteiger partial charge in [-0.1, -0.05) is 86.6 Å². The number of nitrogens with zero attached hydrogens (tertiary/aromatic N) is 1. The van der Waals surface area contributed by atoms with E-state index in [1.54, 1.807) is 0 Å². The van der Waals surface area contributed by atoms with Gasteiger partial charge < -0.3 is 9.52 Å². The van der Waals surface area contributed by atoms with Crippen LogP contribution in [0.5, 0.6) is 0 Å². The molecule has 0 fully saturated rings. The van der Waals surface area contributed by atoms with Crippen molar-refractivity contribution in [2.45, 2.75) is 27.7 Å². The number of benzene rings is 3. The van der Waals surface area contributed by atoms with Gasteiger partial charge in [0, 0.05) is 42.7 Å². The molecule has 0 aliphatic rings. The number of allylic oxidation sites excluding steroid dienone is 2. The molecule has 4 nitrogen and oxygen atoms in total. The summed E-state index contributed by atoms with van der Waals surface area (Å²) in [5, 5.41) is 9.38. The predicted molar refractivity (Wildman–Crippen MR) is 146 cm³/mol. The molecule has 0 saturated carbocycles. The molecule has 2 aromatic heterocycles. The second-order valence-electron chi connectivity index (χ2n) is 8.74. The fourth-order valence-electron chi connectivity index (χ4n) is 4.14. The SMILES string of the molecule is CC(=O)/C=C(/C)O.Cc1[c-]c(-c2ccc3c(-c4ccccc4)c(-c4ccccc4)oc3n2)cc(C)c1.[Ir]. The summed E-state index contributed by atoms with van der Waals surface area (Å²) >= 11 is 0. The molecule has 3 aromatic carbocycles. The first-order chi connectivity index (χ1) is 17.3. The first-order valence-corrected chi connectivity index (χ1v) is 11.7. The minimum Gasteiger partial charge on any atom is -0.512 e. The van der Waals surface area contributed by atoms with Gasteiger partial charge in [-0.05, 0) is 25.1 Å². The molecule has 189 valence electrons. The third-order valence-corrected chi connectivity index (χ3v) is 5.49. The molecule has 0 aliphatic heterocycles. The fourth-order valence-corrected chi connectivity index (χ4v) is 4.14. The van der Waals surface area contributed by atoms with E-state index in [4.69, 9.17) is 14.5 Å². The number of aliphatic hydroxyl groups excluding tert-OH is 1. The number of hydrogen-bond acceptors (Lipinski definition) is 4. The molecule has 1 radical (unpaired) electrons. The average Bonchev–Trinajstić information content (AvgIpc) is 3.23. The van der Waals surface area contributed by atoms with E-state index in [0.717, 1.165) is 44.7 Å². The third-order valence-electron chi connectivity index (χ3n) is 5.49. The van der Waals surface area contributed by atoms with Gasteiger partial charge in [-0.2, -0.15) is 0 Å². The van der Waals surface area contributed by atoms with Crippen LogP contribution in [0.15, 0.2) is 101 Å². The van der Waals surface area contributed by atoms with Gasteiger partial charge in [0.15, 0.2) is 5.78 Å². The number of rotatable bonds is 4. The van der Waals surface area contributed by atoms with Crippen LogP contribution in [0.1, 0.15) is 25.0 Å². The number of furan rings is 1. The molecule has 0 bridgehead atoms. The summed E-state index contributed by atoms with van der Waals surface area (Å²) in [4.78, 5) is 14.9. The zero-order chi connectivity index (χ0) is 25.7. The topological polar surface area (TPSA) is 63.3 Å². The van der Waals surface area contributed by atoms with E-state index in [1.165, 1.54) is 25.5 Å². The predicted octanol–water partition coefficient (Wildman–Crippen LogP) is 8.28. The van der Waals surface area contributed by atoms with E-state index in [9.17, 15) is 4.79 Å². The van der Waals surface area contributed by atoms with Crippen molar-refractivity contribution in [1.29, 1.82) is 0 Å². The summed E-state index contributed by atoms with van der Waals surface area (Å²) in [5.41, 5.74) is 8.06. The molecular weight excluding hydrogens is 639 g/mol. The molecule has 0 unspecified atom stereocenters. The molecule has 0 atom stereocenters. The maximum absolute atomic E-state index is 10.0. The number of aryl methyl sites for hydroxylation is 2. The van der Waals surface area contributed by atoms with Gasteiger partial charge in [-0.3, -0.25) is 9.78 Å². The smallest absolute Gasteiger partial charge is 0.218 e. The first-order valence-electron chi connectivity index (χ1n) is 11.7. The Balaban J connectivity index is 0.000000422. The van der Waals surface area contributed by atoms with Gasteiger partial charge in [-0.15, -0.1) is 34.9 Å². The summed E-state index contributed by atoms with van der Waals surface area (Å²) in [7, 11) is 0. The maximum Gasteiger partial charge on any atom is 0.218 e. The van der Waals surface area contributed by atoms with Crippen LogP contribution in [-0.2, 0) is 24.9 Å². The molecule has 0 aliphatic carbocycles. The zero-order valence-electron chi connectivity index (χ0n) is 21.2. The summed E-state index contributed by atoms with van der Waals surface area (Å²) in [6.07, 6.45) is 1.17. The number of hydrogen-bond donors (Lipinski definition) is 1. The van der Waals surface area contributed by atoms with Crippen LogP contribution in [0.25, 0.3) is 44.8 Å². The summed E-state index contributed by atoms with van der Waals surface area (Å²) in [6.45, 7) is 7.00. The van der Waals surface area contributed by atoms with Crippen molar-refractivity contribution < 1.29 is 34.4 Å². The monoisotopic (exact) mass is 667 g/mol. The molecule has 0 spiro atoms. The fraction of sp³-hybridized carbons (Fsp3) is 0.125. The van der Waals surface area contributed by atoms with E-state index >= 15 is 0 Å².